The Morgan fingerprint density at radius 2 is 2.00 bits per heavy atom. The Morgan fingerprint density at radius 3 is 2.36 bits per heavy atom. The van der Waals surface area contributed by atoms with E-state index in [0.29, 0.717) is 0 Å². The molecule has 1 aromatic rings. The van der Waals surface area contributed by atoms with E-state index in [2.05, 4.69) is 0 Å². The lowest BCUT2D eigenvalue weighted by molar-refractivity contribution is 0.152. The van der Waals surface area contributed by atoms with Crippen LogP contribution in [0.3, 0.4) is 0 Å². The Labute approximate surface area is 67.8 Å². The topological polar surface area (TPSA) is 26.0 Å². The van der Waals surface area contributed by atoms with Crippen LogP contribution in [0.2, 0.25) is 5.02 Å². The summed E-state index contributed by atoms with van der Waals surface area (Å²) >= 11 is 5.46. The number of nitrogen functional groups attached to an aromatic ring is 1. The molecule has 0 fully saturated rings. The van der Waals surface area contributed by atoms with Gasteiger partial charge in [-0.15, -0.1) is 0 Å². The van der Waals surface area contributed by atoms with Crippen LogP contribution in [0.25, 0.3) is 0 Å². The third-order valence-corrected chi connectivity index (χ3v) is 1.63. The zero-order valence-electron chi connectivity index (χ0n) is 5.52. The molecule has 4 heteroatoms. The highest BCUT2D eigenvalue weighted by molar-refractivity contribution is 6.31. The van der Waals surface area contributed by atoms with Crippen LogP contribution in [0.15, 0.2) is 18.2 Å². The van der Waals surface area contributed by atoms with Gasteiger partial charge in [-0.25, -0.2) is 8.78 Å². The molecule has 0 bridgehead atoms. The second-order valence-corrected chi connectivity index (χ2v) is 2.45. The molecular weight excluding hydrogens is 172 g/mol. The normalized spacial score (nSPS) is 10.5. The first-order valence-electron chi connectivity index (χ1n) is 2.95. The molecule has 0 aliphatic carbocycles. The van der Waals surface area contributed by atoms with Gasteiger partial charge in [0.2, 0.25) is 0 Å². The molecule has 0 spiro atoms. The number of hydrogen-bond donors (Lipinski definition) is 1. The van der Waals surface area contributed by atoms with Crippen LogP contribution >= 0.6 is 11.6 Å². The Morgan fingerprint density at radius 1 is 1.36 bits per heavy atom. The lowest BCUT2D eigenvalue weighted by atomic mass is 10.2. The maximum absolute atomic E-state index is 12.1. The molecule has 0 atom stereocenters. The van der Waals surface area contributed by atoms with Crippen molar-refractivity contribution in [3.63, 3.8) is 0 Å². The molecule has 1 nitrogen and oxygen atoms in total. The van der Waals surface area contributed by atoms with E-state index in [9.17, 15) is 8.78 Å². The van der Waals surface area contributed by atoms with Gasteiger partial charge in [0, 0.05) is 5.69 Å². The molecule has 0 radical (unpaired) electrons. The van der Waals surface area contributed by atoms with Crippen LogP contribution in [-0.4, -0.2) is 0 Å². The summed E-state index contributed by atoms with van der Waals surface area (Å²) in [6.07, 6.45) is -2.61. The molecule has 0 saturated heterocycles. The fourth-order valence-corrected chi connectivity index (χ4v) is 1.05. The molecule has 0 heterocycles. The maximum Gasteiger partial charge on any atom is 0.267 e. The van der Waals surface area contributed by atoms with Crippen molar-refractivity contribution >= 4 is 17.3 Å². The minimum atomic E-state index is -2.61. The number of anilines is 1. The fraction of sp³-hybridized carbons (Fsp3) is 0.143. The molecule has 1 aromatic carbocycles. The lowest BCUT2D eigenvalue weighted by Crippen LogP contribution is -1.94. The monoisotopic (exact) mass is 177 g/mol. The van der Waals surface area contributed by atoms with Crippen LogP contribution in [0.4, 0.5) is 14.5 Å². The fourth-order valence-electron chi connectivity index (χ4n) is 0.784. The van der Waals surface area contributed by atoms with Crippen molar-refractivity contribution in [3.8, 4) is 0 Å². The third-order valence-electron chi connectivity index (χ3n) is 1.30. The van der Waals surface area contributed by atoms with Crippen molar-refractivity contribution in [2.45, 2.75) is 6.43 Å². The van der Waals surface area contributed by atoms with Crippen molar-refractivity contribution in [1.29, 1.82) is 0 Å². The largest absolute Gasteiger partial charge is 0.398 e. The van der Waals surface area contributed by atoms with Gasteiger partial charge in [-0.3, -0.25) is 0 Å². The van der Waals surface area contributed by atoms with Crippen molar-refractivity contribution in [2.24, 2.45) is 0 Å². The van der Waals surface area contributed by atoms with Crippen molar-refractivity contribution in [1.82, 2.24) is 0 Å². The van der Waals surface area contributed by atoms with E-state index >= 15 is 0 Å². The van der Waals surface area contributed by atoms with Gasteiger partial charge in [-0.05, 0) is 12.1 Å². The van der Waals surface area contributed by atoms with E-state index in [1.807, 2.05) is 0 Å². The summed E-state index contributed by atoms with van der Waals surface area (Å²) in [4.78, 5) is 0. The van der Waals surface area contributed by atoms with Gasteiger partial charge in [0.05, 0.1) is 10.6 Å². The Bertz CT molecular complexity index is 242. The standard InChI is InChI=1S/C7H6ClF2N/c8-4-2-1-3-5(11)6(4)7(9)10/h1-3,7H,11H2. The Hall–Kier alpha value is -0.830. The second-order valence-electron chi connectivity index (χ2n) is 2.04. The molecule has 11 heavy (non-hydrogen) atoms. The quantitative estimate of drug-likeness (QED) is 0.656. The average Bonchev–Trinajstić information content (AvgIpc) is 1.85. The van der Waals surface area contributed by atoms with Crippen LogP contribution in [0.1, 0.15) is 12.0 Å². The minimum absolute atomic E-state index is 0.0139. The second kappa shape index (κ2) is 3.05. The minimum Gasteiger partial charge on any atom is -0.398 e. The summed E-state index contributed by atoms with van der Waals surface area (Å²) in [6, 6.07) is 4.32. The summed E-state index contributed by atoms with van der Waals surface area (Å²) < 4.78 is 24.2. The summed E-state index contributed by atoms with van der Waals surface area (Å²) in [7, 11) is 0. The van der Waals surface area contributed by atoms with Crippen LogP contribution < -0.4 is 5.73 Å². The SMILES string of the molecule is Nc1cccc(Cl)c1C(F)F. The van der Waals surface area contributed by atoms with E-state index in [0.717, 1.165) is 0 Å². The Kier molecular flexibility index (Phi) is 2.29. The van der Waals surface area contributed by atoms with E-state index in [1.54, 1.807) is 0 Å². The maximum atomic E-state index is 12.1. The molecule has 1 rings (SSSR count). The molecule has 60 valence electrons. The van der Waals surface area contributed by atoms with Gasteiger partial charge in [-0.2, -0.15) is 0 Å². The van der Waals surface area contributed by atoms with Crippen molar-refractivity contribution < 1.29 is 8.78 Å². The van der Waals surface area contributed by atoms with Gasteiger partial charge in [-0.1, -0.05) is 17.7 Å². The zero-order chi connectivity index (χ0) is 8.43. The van der Waals surface area contributed by atoms with Crippen molar-refractivity contribution in [2.75, 3.05) is 5.73 Å². The summed E-state index contributed by atoms with van der Waals surface area (Å²) in [5.41, 5.74) is 5.01. The zero-order valence-corrected chi connectivity index (χ0v) is 6.28. The number of benzene rings is 1. The smallest absolute Gasteiger partial charge is 0.267 e. The van der Waals surface area contributed by atoms with E-state index in [-0.39, 0.29) is 16.3 Å². The number of alkyl halides is 2. The van der Waals surface area contributed by atoms with Crippen LogP contribution in [-0.2, 0) is 0 Å². The molecule has 0 aliphatic rings. The summed E-state index contributed by atoms with van der Waals surface area (Å²) in [5, 5.41) is 0.0139. The first kappa shape index (κ1) is 8.27. The molecule has 2 N–H and O–H groups in total. The molecule has 0 unspecified atom stereocenters. The highest BCUT2D eigenvalue weighted by atomic mass is 35.5. The van der Waals surface area contributed by atoms with Crippen molar-refractivity contribution in [3.05, 3.63) is 28.8 Å². The van der Waals surface area contributed by atoms with E-state index in [1.165, 1.54) is 18.2 Å². The summed E-state index contributed by atoms with van der Waals surface area (Å²) in [6.45, 7) is 0. The first-order chi connectivity index (χ1) is 5.13. The first-order valence-corrected chi connectivity index (χ1v) is 3.32. The molecule has 0 aliphatic heterocycles. The van der Waals surface area contributed by atoms with Gasteiger partial charge in [0.25, 0.3) is 6.43 Å². The molecular formula is C7H6ClF2N. The Balaban J connectivity index is 3.21. The number of nitrogens with two attached hydrogens (primary N) is 1. The van der Waals surface area contributed by atoms with Gasteiger partial charge < -0.3 is 5.73 Å². The van der Waals surface area contributed by atoms with Gasteiger partial charge >= 0.3 is 0 Å². The predicted molar refractivity (Wildman–Crippen MR) is 40.8 cm³/mol. The summed E-state index contributed by atoms with van der Waals surface area (Å²) in [5.74, 6) is 0. The third kappa shape index (κ3) is 1.60. The number of halogens is 3. The molecule has 0 saturated carbocycles. The highest BCUT2D eigenvalue weighted by Gasteiger charge is 2.14. The molecule has 0 amide bonds. The van der Waals surface area contributed by atoms with Crippen LogP contribution in [0, 0.1) is 0 Å². The lowest BCUT2D eigenvalue weighted by Gasteiger charge is -2.04. The average molecular weight is 178 g/mol. The van der Waals surface area contributed by atoms with Crippen LogP contribution in [0.5, 0.6) is 0 Å². The van der Waals surface area contributed by atoms with Gasteiger partial charge in [0.1, 0.15) is 0 Å². The molecule has 0 aromatic heterocycles. The van der Waals surface area contributed by atoms with Gasteiger partial charge in [0.15, 0.2) is 0 Å². The predicted octanol–water partition coefficient (Wildman–Crippen LogP) is 2.86. The van der Waals surface area contributed by atoms with E-state index in [4.69, 9.17) is 17.3 Å². The number of rotatable bonds is 1. The van der Waals surface area contributed by atoms with E-state index < -0.39 is 6.43 Å². The number of hydrogen-bond acceptors (Lipinski definition) is 1. The highest BCUT2D eigenvalue weighted by Crippen LogP contribution is 2.31.